The van der Waals surface area contributed by atoms with Crippen molar-refractivity contribution in [3.05, 3.63) is 83.4 Å². The number of carbonyl (C=O) groups is 1. The third kappa shape index (κ3) is 3.83. The van der Waals surface area contributed by atoms with Crippen LogP contribution in [0.25, 0.3) is 11.5 Å². The summed E-state index contributed by atoms with van der Waals surface area (Å²) in [6, 6.07) is 17.0. The number of benzene rings is 2. The van der Waals surface area contributed by atoms with Gasteiger partial charge < -0.3 is 9.73 Å². The van der Waals surface area contributed by atoms with E-state index in [-0.39, 0.29) is 5.91 Å². The first-order chi connectivity index (χ1) is 13.6. The van der Waals surface area contributed by atoms with Crippen LogP contribution in [0.2, 0.25) is 0 Å². The molecule has 2 heterocycles. The van der Waals surface area contributed by atoms with Gasteiger partial charge in [0.25, 0.3) is 5.91 Å². The van der Waals surface area contributed by atoms with Crippen LogP contribution < -0.4 is 5.32 Å². The number of hydrogen-bond donors (Lipinski definition) is 1. The van der Waals surface area contributed by atoms with Crippen LogP contribution in [0.4, 0.5) is 5.82 Å². The summed E-state index contributed by atoms with van der Waals surface area (Å²) in [5, 5.41) is 15.0. The van der Waals surface area contributed by atoms with Gasteiger partial charge in [-0.1, -0.05) is 29.8 Å². The Kier molecular flexibility index (Phi) is 4.72. The number of aryl methyl sites for hydroxylation is 2. The Morgan fingerprint density at radius 2 is 1.89 bits per heavy atom. The minimum atomic E-state index is -0.209. The second-order valence-electron chi connectivity index (χ2n) is 6.52. The third-order valence-electron chi connectivity index (χ3n) is 4.29. The first-order valence-electron chi connectivity index (χ1n) is 8.88. The Balaban J connectivity index is 1.48. The molecule has 0 atom stereocenters. The predicted octanol–water partition coefficient (Wildman–Crippen LogP) is 3.85. The predicted molar refractivity (Wildman–Crippen MR) is 105 cm³/mol. The van der Waals surface area contributed by atoms with Crippen LogP contribution in [0.5, 0.6) is 0 Å². The van der Waals surface area contributed by atoms with Gasteiger partial charge in [0, 0.05) is 24.1 Å². The zero-order valence-corrected chi connectivity index (χ0v) is 15.6. The Hall–Kier alpha value is -3.74. The van der Waals surface area contributed by atoms with Gasteiger partial charge in [-0.15, -0.1) is 10.2 Å². The molecule has 140 valence electrons. The van der Waals surface area contributed by atoms with E-state index < -0.39 is 0 Å². The smallest absolute Gasteiger partial charge is 0.256 e. The molecule has 2 aromatic heterocycles. The van der Waals surface area contributed by atoms with Crippen LogP contribution in [-0.2, 0) is 6.54 Å². The molecule has 7 nitrogen and oxygen atoms in total. The maximum absolute atomic E-state index is 12.6. The fraction of sp³-hybridized carbons (Fsp3) is 0.143. The van der Waals surface area contributed by atoms with E-state index >= 15 is 0 Å². The quantitative estimate of drug-likeness (QED) is 0.574. The fourth-order valence-corrected chi connectivity index (χ4v) is 2.91. The third-order valence-corrected chi connectivity index (χ3v) is 4.29. The molecule has 0 aliphatic heterocycles. The van der Waals surface area contributed by atoms with E-state index in [2.05, 4.69) is 39.7 Å². The SMILES string of the molecule is Cc1cccc(Cn2nccc2NC(=O)c2ccc(-c3nnc(C)o3)cc2)c1. The highest BCUT2D eigenvalue weighted by atomic mass is 16.4. The zero-order chi connectivity index (χ0) is 19.5. The van der Waals surface area contributed by atoms with Gasteiger partial charge in [-0.05, 0) is 36.8 Å². The molecule has 0 unspecified atom stereocenters. The maximum atomic E-state index is 12.6. The fourth-order valence-electron chi connectivity index (χ4n) is 2.91. The van der Waals surface area contributed by atoms with Crippen molar-refractivity contribution in [1.82, 2.24) is 20.0 Å². The van der Waals surface area contributed by atoms with E-state index in [0.29, 0.717) is 29.7 Å². The molecule has 28 heavy (non-hydrogen) atoms. The molecule has 1 amide bonds. The lowest BCUT2D eigenvalue weighted by atomic mass is 10.1. The monoisotopic (exact) mass is 373 g/mol. The van der Waals surface area contributed by atoms with Gasteiger partial charge in [0.1, 0.15) is 5.82 Å². The second kappa shape index (κ2) is 7.48. The van der Waals surface area contributed by atoms with Gasteiger partial charge in [-0.3, -0.25) is 4.79 Å². The van der Waals surface area contributed by atoms with Gasteiger partial charge in [-0.25, -0.2) is 4.68 Å². The first kappa shape index (κ1) is 17.7. The van der Waals surface area contributed by atoms with E-state index in [9.17, 15) is 4.79 Å². The summed E-state index contributed by atoms with van der Waals surface area (Å²) in [4.78, 5) is 12.6. The summed E-state index contributed by atoms with van der Waals surface area (Å²) in [5.74, 6) is 1.36. The molecule has 1 N–H and O–H groups in total. The van der Waals surface area contributed by atoms with E-state index in [1.54, 1.807) is 48.1 Å². The lowest BCUT2D eigenvalue weighted by molar-refractivity contribution is 0.102. The van der Waals surface area contributed by atoms with Crippen LogP contribution in [0.3, 0.4) is 0 Å². The van der Waals surface area contributed by atoms with Crippen LogP contribution in [0.1, 0.15) is 27.4 Å². The number of amides is 1. The van der Waals surface area contributed by atoms with E-state index in [4.69, 9.17) is 4.42 Å². The minimum absolute atomic E-state index is 0.209. The molecule has 0 bridgehead atoms. The van der Waals surface area contributed by atoms with Crippen molar-refractivity contribution in [3.8, 4) is 11.5 Å². The van der Waals surface area contributed by atoms with E-state index in [0.717, 1.165) is 11.1 Å². The van der Waals surface area contributed by atoms with Crippen molar-refractivity contribution in [3.63, 3.8) is 0 Å². The molecule has 2 aromatic carbocycles. The molecular formula is C21H19N5O2. The van der Waals surface area contributed by atoms with Gasteiger partial charge in [0.2, 0.25) is 11.8 Å². The largest absolute Gasteiger partial charge is 0.421 e. The van der Waals surface area contributed by atoms with Crippen molar-refractivity contribution < 1.29 is 9.21 Å². The van der Waals surface area contributed by atoms with Gasteiger partial charge in [-0.2, -0.15) is 5.10 Å². The normalized spacial score (nSPS) is 10.8. The molecule has 4 rings (SSSR count). The molecule has 0 saturated carbocycles. The number of aromatic nitrogens is 4. The van der Waals surface area contributed by atoms with E-state index in [1.165, 1.54) is 5.56 Å². The Bertz CT molecular complexity index is 1110. The summed E-state index contributed by atoms with van der Waals surface area (Å²) >= 11 is 0. The van der Waals surface area contributed by atoms with Crippen LogP contribution >= 0.6 is 0 Å². The number of hydrogen-bond acceptors (Lipinski definition) is 5. The highest BCUT2D eigenvalue weighted by molar-refractivity contribution is 6.04. The highest BCUT2D eigenvalue weighted by Gasteiger charge is 2.12. The Morgan fingerprint density at radius 1 is 1.07 bits per heavy atom. The molecule has 4 aromatic rings. The van der Waals surface area contributed by atoms with Gasteiger partial charge >= 0.3 is 0 Å². The molecule has 0 aliphatic carbocycles. The van der Waals surface area contributed by atoms with Crippen molar-refractivity contribution in [2.45, 2.75) is 20.4 Å². The lowest BCUT2D eigenvalue weighted by Crippen LogP contribution is -2.16. The summed E-state index contributed by atoms with van der Waals surface area (Å²) in [6.07, 6.45) is 1.67. The summed E-state index contributed by atoms with van der Waals surface area (Å²) in [5.41, 5.74) is 3.61. The van der Waals surface area contributed by atoms with E-state index in [1.807, 2.05) is 12.1 Å². The van der Waals surface area contributed by atoms with Crippen LogP contribution in [0, 0.1) is 13.8 Å². The molecule has 0 aliphatic rings. The molecule has 0 saturated heterocycles. The highest BCUT2D eigenvalue weighted by Crippen LogP contribution is 2.19. The minimum Gasteiger partial charge on any atom is -0.421 e. The van der Waals surface area contributed by atoms with Crippen molar-refractivity contribution in [2.24, 2.45) is 0 Å². The molecular weight excluding hydrogens is 354 g/mol. The Labute approximate surface area is 162 Å². The molecule has 0 fully saturated rings. The summed E-state index contributed by atoms with van der Waals surface area (Å²) in [6.45, 7) is 4.37. The van der Waals surface area contributed by atoms with Crippen LogP contribution in [-0.4, -0.2) is 25.9 Å². The zero-order valence-electron chi connectivity index (χ0n) is 15.6. The topological polar surface area (TPSA) is 85.8 Å². The number of carbonyl (C=O) groups excluding carboxylic acids is 1. The Morgan fingerprint density at radius 3 is 2.61 bits per heavy atom. The standard InChI is InChI=1S/C21H19N5O2/c1-14-4-3-5-16(12-14)13-26-19(10-11-22-26)23-20(27)17-6-8-18(9-7-17)21-25-24-15(2)28-21/h3-12H,13H2,1-2H3,(H,23,27). The lowest BCUT2D eigenvalue weighted by Gasteiger charge is -2.10. The average molecular weight is 373 g/mol. The average Bonchev–Trinajstić information content (AvgIpc) is 3.31. The number of rotatable bonds is 5. The summed E-state index contributed by atoms with van der Waals surface area (Å²) in [7, 11) is 0. The van der Waals surface area contributed by atoms with Crippen LogP contribution in [0.15, 0.2) is 65.2 Å². The summed E-state index contributed by atoms with van der Waals surface area (Å²) < 4.78 is 7.17. The number of nitrogens with zero attached hydrogens (tertiary/aromatic N) is 4. The van der Waals surface area contributed by atoms with Gasteiger partial charge in [0.15, 0.2) is 0 Å². The molecule has 0 spiro atoms. The van der Waals surface area contributed by atoms with Gasteiger partial charge in [0.05, 0.1) is 12.7 Å². The van der Waals surface area contributed by atoms with Crippen molar-refractivity contribution in [1.29, 1.82) is 0 Å². The van der Waals surface area contributed by atoms with Crippen molar-refractivity contribution in [2.75, 3.05) is 5.32 Å². The number of nitrogens with one attached hydrogen (secondary N) is 1. The first-order valence-corrected chi connectivity index (χ1v) is 8.88. The van der Waals surface area contributed by atoms with Crippen molar-refractivity contribution >= 4 is 11.7 Å². The number of anilines is 1. The maximum Gasteiger partial charge on any atom is 0.256 e. The molecule has 7 heteroatoms. The molecule has 0 radical (unpaired) electrons. The second-order valence-corrected chi connectivity index (χ2v) is 6.52.